The Hall–Kier alpha value is -1.27. The van der Waals surface area contributed by atoms with Gasteiger partial charge >= 0.3 is 6.01 Å². The lowest BCUT2D eigenvalue weighted by atomic mass is 10.1. The van der Waals surface area contributed by atoms with Crippen molar-refractivity contribution in [1.29, 1.82) is 0 Å². The fraction of sp³-hybridized carbons (Fsp3) is 0.500. The van der Waals surface area contributed by atoms with Gasteiger partial charge in [-0.2, -0.15) is 4.98 Å². The minimum absolute atomic E-state index is 0.169. The molecule has 0 spiro atoms. The number of hydrogen-bond donors (Lipinski definition) is 0. The standard InChI is InChI=1S/C11H10BrFN2O.C5H11N/c1-3-6-4-7-5-14-11(16-2)15-10(7)9(13)8(6)12;1-6-4-2-3-5-6/h4-5H,3H2,1-2H3;2-5H2,1H3. The lowest BCUT2D eigenvalue weighted by molar-refractivity contribution is 0.381. The first-order chi connectivity index (χ1) is 10.6. The summed E-state index contributed by atoms with van der Waals surface area (Å²) in [6.07, 6.45) is 5.14. The van der Waals surface area contributed by atoms with E-state index in [9.17, 15) is 4.39 Å². The Morgan fingerprint density at radius 3 is 2.55 bits per heavy atom. The molecule has 1 fully saturated rings. The summed E-state index contributed by atoms with van der Waals surface area (Å²) >= 11 is 3.23. The van der Waals surface area contributed by atoms with Gasteiger partial charge in [0, 0.05) is 11.6 Å². The van der Waals surface area contributed by atoms with Gasteiger partial charge in [0.05, 0.1) is 11.6 Å². The number of ether oxygens (including phenoxy) is 1. The average Bonchev–Trinajstić information content (AvgIpc) is 3.02. The van der Waals surface area contributed by atoms with Crippen molar-refractivity contribution in [3.05, 3.63) is 28.1 Å². The van der Waals surface area contributed by atoms with E-state index in [0.29, 0.717) is 9.86 Å². The molecule has 2 aromatic rings. The Bertz CT molecular complexity index is 645. The molecule has 0 atom stereocenters. The third kappa shape index (κ3) is 3.93. The minimum Gasteiger partial charge on any atom is -0.467 e. The predicted molar refractivity (Wildman–Crippen MR) is 89.9 cm³/mol. The SMILES string of the molecule is CCc1cc2cnc(OC)nc2c(F)c1Br.CN1CCCC1. The maximum atomic E-state index is 14.0. The van der Waals surface area contributed by atoms with Crippen LogP contribution in [0.2, 0.25) is 0 Å². The molecule has 1 saturated heterocycles. The summed E-state index contributed by atoms with van der Waals surface area (Å²) in [5, 5.41) is 0.679. The van der Waals surface area contributed by atoms with Crippen LogP contribution >= 0.6 is 15.9 Å². The number of halogens is 2. The molecule has 1 aromatic heterocycles. The van der Waals surface area contributed by atoms with Gasteiger partial charge in [-0.25, -0.2) is 9.37 Å². The molecule has 1 aliphatic heterocycles. The van der Waals surface area contributed by atoms with Crippen LogP contribution in [0, 0.1) is 5.82 Å². The summed E-state index contributed by atoms with van der Waals surface area (Å²) in [7, 11) is 3.63. The summed E-state index contributed by atoms with van der Waals surface area (Å²) in [5.41, 5.74) is 1.18. The van der Waals surface area contributed by atoms with E-state index in [1.165, 1.54) is 33.0 Å². The van der Waals surface area contributed by atoms with Crippen molar-refractivity contribution in [2.24, 2.45) is 0 Å². The summed E-state index contributed by atoms with van der Waals surface area (Å²) in [6.45, 7) is 4.61. The van der Waals surface area contributed by atoms with Crippen LogP contribution in [0.4, 0.5) is 4.39 Å². The van der Waals surface area contributed by atoms with Gasteiger partial charge in [0.1, 0.15) is 5.52 Å². The Kier molecular flexibility index (Phi) is 6.08. The molecule has 6 heteroatoms. The quantitative estimate of drug-likeness (QED) is 0.806. The van der Waals surface area contributed by atoms with Gasteiger partial charge in [-0.3, -0.25) is 0 Å². The zero-order chi connectivity index (χ0) is 16.1. The molecule has 0 N–H and O–H groups in total. The smallest absolute Gasteiger partial charge is 0.316 e. The van der Waals surface area contributed by atoms with Crippen molar-refractivity contribution >= 4 is 26.8 Å². The van der Waals surface area contributed by atoms with Crippen LogP contribution in [0.25, 0.3) is 10.9 Å². The van der Waals surface area contributed by atoms with E-state index in [1.54, 1.807) is 6.20 Å². The predicted octanol–water partition coefficient (Wildman–Crippen LogP) is 3.81. The van der Waals surface area contributed by atoms with E-state index in [2.05, 4.69) is 37.8 Å². The number of likely N-dealkylation sites (tertiary alicyclic amines) is 1. The van der Waals surface area contributed by atoms with Crippen LogP contribution in [0.15, 0.2) is 16.7 Å². The number of aromatic nitrogens is 2. The van der Waals surface area contributed by atoms with Gasteiger partial charge in [0.15, 0.2) is 5.82 Å². The maximum Gasteiger partial charge on any atom is 0.316 e. The van der Waals surface area contributed by atoms with Crippen LogP contribution in [0.1, 0.15) is 25.3 Å². The summed E-state index contributed by atoms with van der Waals surface area (Å²) in [4.78, 5) is 10.3. The first kappa shape index (κ1) is 17.1. The number of nitrogens with zero attached hydrogens (tertiary/aromatic N) is 3. The summed E-state index contributed by atoms with van der Waals surface area (Å²) in [6, 6.07) is 2.05. The fourth-order valence-corrected chi connectivity index (χ4v) is 2.97. The molecule has 1 aliphatic rings. The molecule has 0 bridgehead atoms. The number of benzene rings is 1. The fourth-order valence-electron chi connectivity index (χ4n) is 2.38. The van der Waals surface area contributed by atoms with Crippen molar-refractivity contribution in [2.45, 2.75) is 26.2 Å². The highest BCUT2D eigenvalue weighted by atomic mass is 79.9. The molecule has 0 amide bonds. The highest BCUT2D eigenvalue weighted by molar-refractivity contribution is 9.10. The first-order valence-corrected chi connectivity index (χ1v) is 8.22. The monoisotopic (exact) mass is 369 g/mol. The lowest BCUT2D eigenvalue weighted by Crippen LogP contribution is -2.10. The third-order valence-electron chi connectivity index (χ3n) is 3.70. The third-order valence-corrected chi connectivity index (χ3v) is 4.56. The highest BCUT2D eigenvalue weighted by Crippen LogP contribution is 2.28. The van der Waals surface area contributed by atoms with E-state index < -0.39 is 0 Å². The van der Waals surface area contributed by atoms with Gasteiger partial charge < -0.3 is 9.64 Å². The summed E-state index contributed by atoms with van der Waals surface area (Å²) in [5.74, 6) is -0.366. The maximum absolute atomic E-state index is 14.0. The van der Waals surface area contributed by atoms with Crippen LogP contribution in [-0.4, -0.2) is 42.1 Å². The second kappa shape index (κ2) is 7.83. The number of aryl methyl sites for hydroxylation is 1. The Balaban J connectivity index is 0.000000246. The normalized spacial score (nSPS) is 14.8. The van der Waals surface area contributed by atoms with E-state index >= 15 is 0 Å². The summed E-state index contributed by atoms with van der Waals surface area (Å²) < 4.78 is 19.3. The average molecular weight is 370 g/mol. The topological polar surface area (TPSA) is 38.3 Å². The number of rotatable bonds is 2. The van der Waals surface area contributed by atoms with E-state index in [1.807, 2.05) is 13.0 Å². The molecular weight excluding hydrogens is 349 g/mol. The first-order valence-electron chi connectivity index (χ1n) is 7.43. The van der Waals surface area contributed by atoms with Gasteiger partial charge in [0.2, 0.25) is 0 Å². The van der Waals surface area contributed by atoms with Crippen molar-refractivity contribution in [3.63, 3.8) is 0 Å². The molecule has 0 aliphatic carbocycles. The van der Waals surface area contributed by atoms with Crippen molar-refractivity contribution in [1.82, 2.24) is 14.9 Å². The Labute approximate surface area is 138 Å². The number of fused-ring (bicyclic) bond motifs is 1. The molecule has 2 heterocycles. The highest BCUT2D eigenvalue weighted by Gasteiger charge is 2.12. The number of hydrogen-bond acceptors (Lipinski definition) is 4. The van der Waals surface area contributed by atoms with E-state index in [-0.39, 0.29) is 17.3 Å². The largest absolute Gasteiger partial charge is 0.467 e. The van der Waals surface area contributed by atoms with Gasteiger partial charge in [-0.15, -0.1) is 0 Å². The van der Waals surface area contributed by atoms with E-state index in [0.717, 1.165) is 12.0 Å². The van der Waals surface area contributed by atoms with E-state index in [4.69, 9.17) is 4.74 Å². The van der Waals surface area contributed by atoms with Crippen LogP contribution in [0.3, 0.4) is 0 Å². The molecule has 0 radical (unpaired) electrons. The molecule has 3 rings (SSSR count). The molecule has 4 nitrogen and oxygen atoms in total. The van der Waals surface area contributed by atoms with Gasteiger partial charge in [-0.05, 0) is 67.0 Å². The molecule has 22 heavy (non-hydrogen) atoms. The second-order valence-corrected chi connectivity index (χ2v) is 6.12. The van der Waals surface area contributed by atoms with Crippen LogP contribution in [-0.2, 0) is 6.42 Å². The Morgan fingerprint density at radius 1 is 1.36 bits per heavy atom. The zero-order valence-electron chi connectivity index (χ0n) is 13.2. The molecule has 0 unspecified atom stereocenters. The van der Waals surface area contributed by atoms with Gasteiger partial charge in [-0.1, -0.05) is 6.92 Å². The minimum atomic E-state index is -0.366. The number of methoxy groups -OCH3 is 1. The zero-order valence-corrected chi connectivity index (χ0v) is 14.8. The van der Waals surface area contributed by atoms with Crippen molar-refractivity contribution in [3.8, 4) is 6.01 Å². The Morgan fingerprint density at radius 2 is 2.05 bits per heavy atom. The second-order valence-electron chi connectivity index (χ2n) is 5.32. The van der Waals surface area contributed by atoms with Crippen LogP contribution in [0.5, 0.6) is 6.01 Å². The molecule has 120 valence electrons. The lowest BCUT2D eigenvalue weighted by Gasteiger charge is -2.07. The van der Waals surface area contributed by atoms with Crippen molar-refractivity contribution < 1.29 is 9.13 Å². The van der Waals surface area contributed by atoms with Crippen LogP contribution < -0.4 is 4.74 Å². The molecule has 1 aromatic carbocycles. The molecule has 0 saturated carbocycles. The van der Waals surface area contributed by atoms with Gasteiger partial charge in [0.25, 0.3) is 0 Å². The van der Waals surface area contributed by atoms with Crippen molar-refractivity contribution in [2.75, 3.05) is 27.2 Å². The molecular formula is C16H21BrFN3O.